The van der Waals surface area contributed by atoms with E-state index in [1.54, 1.807) is 4.68 Å². The number of benzene rings is 2. The zero-order valence-corrected chi connectivity index (χ0v) is 14.4. The lowest BCUT2D eigenvalue weighted by atomic mass is 10.1. The second-order valence-electron chi connectivity index (χ2n) is 5.87. The Kier molecular flexibility index (Phi) is 5.57. The van der Waals surface area contributed by atoms with Crippen LogP contribution in [0.15, 0.2) is 60.7 Å². The Hall–Kier alpha value is -2.95. The Labute approximate surface area is 147 Å². The van der Waals surface area contributed by atoms with Gasteiger partial charge in [-0.15, -0.1) is 5.10 Å². The van der Waals surface area contributed by atoms with Crippen LogP contribution >= 0.6 is 0 Å². The number of carbonyl (C=O) groups excluding carboxylic acids is 1. The average molecular weight is 334 g/mol. The van der Waals surface area contributed by atoms with Crippen LogP contribution in [0.5, 0.6) is 0 Å². The second kappa shape index (κ2) is 8.24. The highest BCUT2D eigenvalue weighted by Gasteiger charge is 2.19. The highest BCUT2D eigenvalue weighted by atomic mass is 16.2. The van der Waals surface area contributed by atoms with Crippen molar-refractivity contribution in [1.82, 2.24) is 20.3 Å². The molecule has 1 N–H and O–H groups in total. The van der Waals surface area contributed by atoms with Gasteiger partial charge in [-0.05, 0) is 30.5 Å². The van der Waals surface area contributed by atoms with Gasteiger partial charge < -0.3 is 5.32 Å². The smallest absolute Gasteiger partial charge is 0.273 e. The molecule has 5 heteroatoms. The summed E-state index contributed by atoms with van der Waals surface area (Å²) in [6, 6.07) is 19.9. The average Bonchev–Trinajstić information content (AvgIpc) is 3.07. The van der Waals surface area contributed by atoms with Gasteiger partial charge in [0.25, 0.3) is 5.91 Å². The van der Waals surface area contributed by atoms with Gasteiger partial charge in [-0.1, -0.05) is 67.1 Å². The maximum absolute atomic E-state index is 12.5. The van der Waals surface area contributed by atoms with Crippen LogP contribution in [0.4, 0.5) is 0 Å². The molecule has 1 amide bonds. The van der Waals surface area contributed by atoms with Crippen molar-refractivity contribution in [3.05, 3.63) is 77.6 Å². The van der Waals surface area contributed by atoms with Gasteiger partial charge in [-0.3, -0.25) is 4.79 Å². The van der Waals surface area contributed by atoms with E-state index in [-0.39, 0.29) is 5.91 Å². The summed E-state index contributed by atoms with van der Waals surface area (Å²) in [4.78, 5) is 12.5. The fourth-order valence-electron chi connectivity index (χ4n) is 2.76. The van der Waals surface area contributed by atoms with Crippen LogP contribution in [-0.4, -0.2) is 27.4 Å². The third-order valence-corrected chi connectivity index (χ3v) is 4.01. The van der Waals surface area contributed by atoms with Gasteiger partial charge in [-0.2, -0.15) is 0 Å². The normalized spacial score (nSPS) is 10.6. The lowest BCUT2D eigenvalue weighted by Gasteiger charge is -2.08. The maximum atomic E-state index is 12.5. The highest BCUT2D eigenvalue weighted by molar-refractivity contribution is 5.93. The molecule has 2 aromatic carbocycles. The molecule has 25 heavy (non-hydrogen) atoms. The van der Waals surface area contributed by atoms with Gasteiger partial charge >= 0.3 is 0 Å². The summed E-state index contributed by atoms with van der Waals surface area (Å²) < 4.78 is 1.76. The molecule has 3 rings (SSSR count). The van der Waals surface area contributed by atoms with E-state index in [0.717, 1.165) is 30.6 Å². The highest BCUT2D eigenvalue weighted by Crippen LogP contribution is 2.14. The number of nitrogens with one attached hydrogen (secondary N) is 1. The molecule has 5 nitrogen and oxygen atoms in total. The van der Waals surface area contributed by atoms with E-state index in [1.165, 1.54) is 5.56 Å². The summed E-state index contributed by atoms with van der Waals surface area (Å²) >= 11 is 0. The van der Waals surface area contributed by atoms with Crippen LogP contribution in [0, 0.1) is 0 Å². The van der Waals surface area contributed by atoms with Crippen molar-refractivity contribution in [3.8, 4) is 5.69 Å². The number of aromatic nitrogens is 3. The van der Waals surface area contributed by atoms with E-state index in [0.29, 0.717) is 12.2 Å². The van der Waals surface area contributed by atoms with E-state index in [1.807, 2.05) is 48.5 Å². The lowest BCUT2D eigenvalue weighted by molar-refractivity contribution is 0.0948. The van der Waals surface area contributed by atoms with Crippen LogP contribution < -0.4 is 5.32 Å². The van der Waals surface area contributed by atoms with E-state index >= 15 is 0 Å². The summed E-state index contributed by atoms with van der Waals surface area (Å²) in [5.74, 6) is -0.165. The molecule has 0 spiro atoms. The molecule has 1 heterocycles. The molecule has 1 aromatic heterocycles. The first-order chi connectivity index (χ1) is 12.3. The van der Waals surface area contributed by atoms with E-state index < -0.39 is 0 Å². The Morgan fingerprint density at radius 3 is 2.36 bits per heavy atom. The molecule has 0 saturated carbocycles. The van der Waals surface area contributed by atoms with Gasteiger partial charge in [0.15, 0.2) is 5.69 Å². The minimum absolute atomic E-state index is 0.165. The molecule has 0 unspecified atom stereocenters. The van der Waals surface area contributed by atoms with Crippen molar-refractivity contribution in [3.63, 3.8) is 0 Å². The first kappa shape index (κ1) is 16.9. The number of rotatable bonds is 7. The van der Waals surface area contributed by atoms with Crippen LogP contribution in [0.25, 0.3) is 5.69 Å². The SMILES string of the molecule is CCCc1c(C(=O)NCCc2ccccc2)nnn1-c1ccccc1. The lowest BCUT2D eigenvalue weighted by Crippen LogP contribution is -2.27. The van der Waals surface area contributed by atoms with Crippen molar-refractivity contribution in [2.75, 3.05) is 6.54 Å². The number of amides is 1. The molecule has 0 aliphatic carbocycles. The first-order valence-electron chi connectivity index (χ1n) is 8.61. The van der Waals surface area contributed by atoms with Crippen LogP contribution in [0.3, 0.4) is 0 Å². The summed E-state index contributed by atoms with van der Waals surface area (Å²) in [5.41, 5.74) is 3.39. The molecule has 0 fully saturated rings. The Bertz CT molecular complexity index is 812. The van der Waals surface area contributed by atoms with E-state index in [2.05, 4.69) is 34.7 Å². The summed E-state index contributed by atoms with van der Waals surface area (Å²) in [6.07, 6.45) is 2.47. The molecule has 0 bridgehead atoms. The minimum Gasteiger partial charge on any atom is -0.350 e. The molecule has 128 valence electrons. The molecule has 0 radical (unpaired) electrons. The Balaban J connectivity index is 1.72. The summed E-state index contributed by atoms with van der Waals surface area (Å²) in [7, 11) is 0. The van der Waals surface area contributed by atoms with Gasteiger partial charge in [-0.25, -0.2) is 4.68 Å². The van der Waals surface area contributed by atoms with Gasteiger partial charge in [0.05, 0.1) is 11.4 Å². The molecule has 3 aromatic rings. The first-order valence-corrected chi connectivity index (χ1v) is 8.61. The standard InChI is InChI=1S/C20H22N4O/c1-2-9-18-19(22-23-24(18)17-12-7-4-8-13-17)20(25)21-15-14-16-10-5-3-6-11-16/h3-8,10-13H,2,9,14-15H2,1H3,(H,21,25). The maximum Gasteiger partial charge on any atom is 0.273 e. The topological polar surface area (TPSA) is 59.8 Å². The predicted molar refractivity (Wildman–Crippen MR) is 97.8 cm³/mol. The third kappa shape index (κ3) is 4.12. The Morgan fingerprint density at radius 1 is 1.00 bits per heavy atom. The monoisotopic (exact) mass is 334 g/mol. The molecule has 0 atom stereocenters. The number of carbonyl (C=O) groups is 1. The predicted octanol–water partition coefficient (Wildman–Crippen LogP) is 3.19. The molecule has 0 saturated heterocycles. The van der Waals surface area contributed by atoms with Crippen molar-refractivity contribution in [1.29, 1.82) is 0 Å². The quantitative estimate of drug-likeness (QED) is 0.722. The number of para-hydroxylation sites is 1. The van der Waals surface area contributed by atoms with Crippen molar-refractivity contribution in [2.45, 2.75) is 26.2 Å². The van der Waals surface area contributed by atoms with Crippen molar-refractivity contribution < 1.29 is 4.79 Å². The zero-order chi connectivity index (χ0) is 17.5. The minimum atomic E-state index is -0.165. The number of hydrogen-bond acceptors (Lipinski definition) is 3. The Morgan fingerprint density at radius 2 is 1.68 bits per heavy atom. The van der Waals surface area contributed by atoms with Crippen molar-refractivity contribution >= 4 is 5.91 Å². The number of nitrogens with zero attached hydrogens (tertiary/aromatic N) is 3. The van der Waals surface area contributed by atoms with Gasteiger partial charge in [0, 0.05) is 6.54 Å². The summed E-state index contributed by atoms with van der Waals surface area (Å²) in [5, 5.41) is 11.3. The van der Waals surface area contributed by atoms with Crippen molar-refractivity contribution in [2.24, 2.45) is 0 Å². The number of hydrogen-bond donors (Lipinski definition) is 1. The fourth-order valence-corrected chi connectivity index (χ4v) is 2.76. The van der Waals surface area contributed by atoms with E-state index in [4.69, 9.17) is 0 Å². The summed E-state index contributed by atoms with van der Waals surface area (Å²) in [6.45, 7) is 2.66. The van der Waals surface area contributed by atoms with Gasteiger partial charge in [0.1, 0.15) is 0 Å². The van der Waals surface area contributed by atoms with Crippen LogP contribution in [0.2, 0.25) is 0 Å². The fraction of sp³-hybridized carbons (Fsp3) is 0.250. The van der Waals surface area contributed by atoms with Crippen LogP contribution in [0.1, 0.15) is 35.1 Å². The molecule has 0 aliphatic rings. The zero-order valence-electron chi connectivity index (χ0n) is 14.4. The molecular formula is C20H22N4O. The van der Waals surface area contributed by atoms with Crippen LogP contribution in [-0.2, 0) is 12.8 Å². The molecular weight excluding hydrogens is 312 g/mol. The van der Waals surface area contributed by atoms with E-state index in [9.17, 15) is 4.79 Å². The van der Waals surface area contributed by atoms with Gasteiger partial charge in [0.2, 0.25) is 0 Å². The largest absolute Gasteiger partial charge is 0.350 e. The second-order valence-corrected chi connectivity index (χ2v) is 5.87. The molecule has 0 aliphatic heterocycles. The third-order valence-electron chi connectivity index (χ3n) is 4.01.